The highest BCUT2D eigenvalue weighted by atomic mass is 16.3. The molecule has 7 nitrogen and oxygen atoms in total. The normalized spacial score (nSPS) is 16.9. The zero-order valence-electron chi connectivity index (χ0n) is 14.9. The molecule has 1 aliphatic heterocycles. The van der Waals surface area contributed by atoms with Crippen molar-refractivity contribution in [3.05, 3.63) is 60.8 Å². The van der Waals surface area contributed by atoms with Crippen molar-refractivity contribution in [3.8, 4) is 11.3 Å². The summed E-state index contributed by atoms with van der Waals surface area (Å²) in [7, 11) is 0. The number of nitrogens with zero attached hydrogens (tertiary/aromatic N) is 4. The number of furan rings is 1. The van der Waals surface area contributed by atoms with E-state index in [1.54, 1.807) is 18.7 Å². The van der Waals surface area contributed by atoms with Gasteiger partial charge in [0.1, 0.15) is 5.76 Å². The average molecular weight is 363 g/mol. The second kappa shape index (κ2) is 7.99. The molecule has 0 saturated carbocycles. The maximum Gasteiger partial charge on any atom is 0.225 e. The monoisotopic (exact) mass is 363 g/mol. The smallest absolute Gasteiger partial charge is 0.225 e. The molecular weight excluding hydrogens is 342 g/mol. The first-order valence-electron chi connectivity index (χ1n) is 9.09. The summed E-state index contributed by atoms with van der Waals surface area (Å²) in [6, 6.07) is 11.4. The van der Waals surface area contributed by atoms with Gasteiger partial charge < -0.3 is 14.6 Å². The summed E-state index contributed by atoms with van der Waals surface area (Å²) in [5, 5.41) is 11.7. The number of amides is 1. The Labute approximate surface area is 157 Å². The number of pyridine rings is 1. The first kappa shape index (κ1) is 17.2. The molecule has 1 amide bonds. The summed E-state index contributed by atoms with van der Waals surface area (Å²) in [5.74, 6) is 1.55. The lowest BCUT2D eigenvalue weighted by Gasteiger charge is -2.32. The lowest BCUT2D eigenvalue weighted by atomic mass is 9.97. The fourth-order valence-electron chi connectivity index (χ4n) is 3.30. The van der Waals surface area contributed by atoms with Gasteiger partial charge in [0.25, 0.3) is 0 Å². The van der Waals surface area contributed by atoms with Crippen molar-refractivity contribution in [2.45, 2.75) is 19.4 Å². The average Bonchev–Trinajstić information content (AvgIpc) is 3.27. The third kappa shape index (κ3) is 4.13. The van der Waals surface area contributed by atoms with E-state index in [0.717, 1.165) is 42.2 Å². The van der Waals surface area contributed by atoms with Crippen molar-refractivity contribution in [1.29, 1.82) is 0 Å². The Hall–Kier alpha value is -3.22. The van der Waals surface area contributed by atoms with E-state index in [9.17, 15) is 4.79 Å². The molecule has 1 saturated heterocycles. The summed E-state index contributed by atoms with van der Waals surface area (Å²) in [6.45, 7) is 1.95. The molecule has 4 heterocycles. The molecule has 7 heteroatoms. The van der Waals surface area contributed by atoms with Crippen molar-refractivity contribution in [3.63, 3.8) is 0 Å². The van der Waals surface area contributed by atoms with Gasteiger partial charge in [-0.25, -0.2) is 0 Å². The zero-order chi connectivity index (χ0) is 18.5. The third-order valence-electron chi connectivity index (χ3n) is 4.76. The molecule has 0 spiro atoms. The summed E-state index contributed by atoms with van der Waals surface area (Å²) < 4.78 is 5.26. The Bertz CT molecular complexity index is 865. The Morgan fingerprint density at radius 3 is 2.81 bits per heavy atom. The largest absolute Gasteiger partial charge is 0.467 e. The zero-order valence-corrected chi connectivity index (χ0v) is 14.9. The van der Waals surface area contributed by atoms with Gasteiger partial charge >= 0.3 is 0 Å². The van der Waals surface area contributed by atoms with Gasteiger partial charge in [-0.05, 0) is 49.2 Å². The van der Waals surface area contributed by atoms with Crippen LogP contribution in [-0.4, -0.2) is 34.2 Å². The Morgan fingerprint density at radius 2 is 2.07 bits per heavy atom. The Morgan fingerprint density at radius 1 is 1.19 bits per heavy atom. The van der Waals surface area contributed by atoms with Crippen LogP contribution >= 0.6 is 0 Å². The summed E-state index contributed by atoms with van der Waals surface area (Å²) in [6.07, 6.45) is 6.91. The van der Waals surface area contributed by atoms with E-state index in [1.807, 2.05) is 36.4 Å². The minimum atomic E-state index is -0.0598. The van der Waals surface area contributed by atoms with Gasteiger partial charge in [0.2, 0.25) is 5.91 Å². The van der Waals surface area contributed by atoms with E-state index in [-0.39, 0.29) is 11.8 Å². The molecule has 0 radical (unpaired) electrons. The number of nitrogens with one attached hydrogen (secondary N) is 1. The molecule has 1 unspecified atom stereocenters. The van der Waals surface area contributed by atoms with Gasteiger partial charge in [-0.3, -0.25) is 9.78 Å². The van der Waals surface area contributed by atoms with Gasteiger partial charge in [-0.2, -0.15) is 0 Å². The topological polar surface area (TPSA) is 84.2 Å². The molecule has 0 aliphatic carbocycles. The van der Waals surface area contributed by atoms with Crippen LogP contribution in [0.15, 0.2) is 59.5 Å². The van der Waals surface area contributed by atoms with Crippen LogP contribution in [0.2, 0.25) is 0 Å². The summed E-state index contributed by atoms with van der Waals surface area (Å²) >= 11 is 0. The van der Waals surface area contributed by atoms with Gasteiger partial charge in [-0.1, -0.05) is 0 Å². The number of piperidine rings is 1. The van der Waals surface area contributed by atoms with E-state index in [0.29, 0.717) is 13.1 Å². The molecule has 1 aliphatic rings. The van der Waals surface area contributed by atoms with E-state index in [1.165, 1.54) is 0 Å². The summed E-state index contributed by atoms with van der Waals surface area (Å²) in [4.78, 5) is 18.6. The van der Waals surface area contributed by atoms with E-state index < -0.39 is 0 Å². The van der Waals surface area contributed by atoms with Crippen LogP contribution < -0.4 is 10.2 Å². The van der Waals surface area contributed by atoms with Crippen LogP contribution in [-0.2, 0) is 11.3 Å². The van der Waals surface area contributed by atoms with Crippen LogP contribution in [0.1, 0.15) is 18.6 Å². The number of hydrogen-bond donors (Lipinski definition) is 1. The van der Waals surface area contributed by atoms with Gasteiger partial charge in [0, 0.05) is 31.0 Å². The number of carbonyl (C=O) groups excluding carboxylic acids is 1. The van der Waals surface area contributed by atoms with Crippen LogP contribution in [0, 0.1) is 5.92 Å². The second-order valence-corrected chi connectivity index (χ2v) is 6.59. The SMILES string of the molecule is O=C(NCc1ccco1)C1CCCN(c2ccc(-c3ccncc3)nn2)C1. The Balaban J connectivity index is 1.38. The predicted octanol–water partition coefficient (Wildman–Crippen LogP) is 2.66. The lowest BCUT2D eigenvalue weighted by Crippen LogP contribution is -2.43. The quantitative estimate of drug-likeness (QED) is 0.750. The first-order valence-corrected chi connectivity index (χ1v) is 9.09. The standard InChI is InChI=1S/C20H21N5O2/c26-20(22-13-17-4-2-12-27-17)16-3-1-11-25(14-16)19-6-5-18(23-24-19)15-7-9-21-10-8-15/h2,4-10,12,16H,1,3,11,13-14H2,(H,22,26). The molecule has 1 N–H and O–H groups in total. The van der Waals surface area contributed by atoms with Gasteiger partial charge in [0.15, 0.2) is 5.82 Å². The molecule has 3 aromatic rings. The Kier molecular flexibility index (Phi) is 5.09. The van der Waals surface area contributed by atoms with Crippen molar-refractivity contribution in [2.24, 2.45) is 5.92 Å². The molecule has 4 rings (SSSR count). The number of carbonyl (C=O) groups is 1. The van der Waals surface area contributed by atoms with Crippen LogP contribution in [0.4, 0.5) is 5.82 Å². The van der Waals surface area contributed by atoms with Crippen molar-refractivity contribution >= 4 is 11.7 Å². The summed E-state index contributed by atoms with van der Waals surface area (Å²) in [5.41, 5.74) is 1.80. The second-order valence-electron chi connectivity index (χ2n) is 6.59. The van der Waals surface area contributed by atoms with Crippen LogP contribution in [0.5, 0.6) is 0 Å². The molecule has 1 atom stereocenters. The molecule has 27 heavy (non-hydrogen) atoms. The number of anilines is 1. The molecular formula is C20H21N5O2. The highest BCUT2D eigenvalue weighted by molar-refractivity contribution is 5.79. The third-order valence-corrected chi connectivity index (χ3v) is 4.76. The number of hydrogen-bond acceptors (Lipinski definition) is 6. The molecule has 3 aromatic heterocycles. The van der Waals surface area contributed by atoms with Crippen molar-refractivity contribution in [2.75, 3.05) is 18.0 Å². The fraction of sp³-hybridized carbons (Fsp3) is 0.300. The molecule has 0 bridgehead atoms. The number of aromatic nitrogens is 3. The minimum absolute atomic E-state index is 0.0532. The predicted molar refractivity (Wildman–Crippen MR) is 101 cm³/mol. The molecule has 138 valence electrons. The van der Waals surface area contributed by atoms with E-state index in [4.69, 9.17) is 4.42 Å². The highest BCUT2D eigenvalue weighted by Crippen LogP contribution is 2.23. The van der Waals surface area contributed by atoms with Crippen molar-refractivity contribution < 1.29 is 9.21 Å². The van der Waals surface area contributed by atoms with Gasteiger partial charge in [0.05, 0.1) is 24.4 Å². The maximum atomic E-state index is 12.5. The fourth-order valence-corrected chi connectivity index (χ4v) is 3.30. The van der Waals surface area contributed by atoms with Crippen molar-refractivity contribution in [1.82, 2.24) is 20.5 Å². The van der Waals surface area contributed by atoms with Gasteiger partial charge in [-0.15, -0.1) is 10.2 Å². The lowest BCUT2D eigenvalue weighted by molar-refractivity contribution is -0.125. The van der Waals surface area contributed by atoms with E-state index >= 15 is 0 Å². The highest BCUT2D eigenvalue weighted by Gasteiger charge is 2.26. The molecule has 0 aromatic carbocycles. The van der Waals surface area contributed by atoms with E-state index in [2.05, 4.69) is 25.4 Å². The minimum Gasteiger partial charge on any atom is -0.467 e. The van der Waals surface area contributed by atoms with Crippen LogP contribution in [0.3, 0.4) is 0 Å². The molecule has 1 fully saturated rings. The first-order chi connectivity index (χ1) is 13.3. The maximum absolute atomic E-state index is 12.5. The van der Waals surface area contributed by atoms with Crippen LogP contribution in [0.25, 0.3) is 11.3 Å². The number of rotatable bonds is 5.